The number of carbonyl (C=O) groups excluding carboxylic acids is 1. The highest BCUT2D eigenvalue weighted by Gasteiger charge is 2.22. The van der Waals surface area contributed by atoms with E-state index >= 15 is 0 Å². The Morgan fingerprint density at radius 2 is 2.28 bits per heavy atom. The summed E-state index contributed by atoms with van der Waals surface area (Å²) in [5.74, 6) is -0.733. The van der Waals surface area contributed by atoms with Crippen molar-refractivity contribution in [2.45, 2.75) is 6.42 Å². The van der Waals surface area contributed by atoms with Crippen molar-refractivity contribution in [3.8, 4) is 0 Å². The lowest BCUT2D eigenvalue weighted by molar-refractivity contribution is -0.384. The highest BCUT2D eigenvalue weighted by atomic mass is 19.1. The van der Waals surface area contributed by atoms with E-state index in [4.69, 9.17) is 0 Å². The summed E-state index contributed by atoms with van der Waals surface area (Å²) < 4.78 is 12.9. The van der Waals surface area contributed by atoms with E-state index in [0.717, 1.165) is 25.2 Å². The Hall–Kier alpha value is -2.02. The number of nitro groups is 1. The van der Waals surface area contributed by atoms with E-state index in [1.807, 2.05) is 0 Å². The van der Waals surface area contributed by atoms with Gasteiger partial charge < -0.3 is 10.6 Å². The molecule has 1 aromatic rings. The van der Waals surface area contributed by atoms with E-state index in [1.165, 1.54) is 6.07 Å². The first kappa shape index (κ1) is 12.4. The number of nitro benzene ring substituents is 1. The minimum Gasteiger partial charge on any atom is -0.320 e. The van der Waals surface area contributed by atoms with Gasteiger partial charge in [0, 0.05) is 6.42 Å². The average molecular weight is 253 g/mol. The zero-order chi connectivity index (χ0) is 13.1. The van der Waals surface area contributed by atoms with E-state index in [2.05, 4.69) is 10.6 Å². The molecule has 1 fully saturated rings. The molecule has 0 aliphatic carbocycles. The van der Waals surface area contributed by atoms with Crippen molar-refractivity contribution in [2.75, 3.05) is 18.4 Å². The first-order valence-corrected chi connectivity index (χ1v) is 5.51. The number of halogens is 1. The van der Waals surface area contributed by atoms with Crippen LogP contribution in [0.1, 0.15) is 6.42 Å². The summed E-state index contributed by atoms with van der Waals surface area (Å²) in [6.07, 6.45) is 0.307. The van der Waals surface area contributed by atoms with Crippen LogP contribution in [0.4, 0.5) is 15.8 Å². The predicted octanol–water partition coefficient (Wildman–Crippen LogP) is 1.28. The van der Waals surface area contributed by atoms with Crippen molar-refractivity contribution in [3.63, 3.8) is 0 Å². The van der Waals surface area contributed by atoms with E-state index in [9.17, 15) is 19.3 Å². The first-order chi connectivity index (χ1) is 8.56. The maximum absolute atomic E-state index is 12.9. The maximum Gasteiger partial charge on any atom is 0.295 e. The number of benzene rings is 1. The topological polar surface area (TPSA) is 84.3 Å². The molecule has 6 nitrogen and oxygen atoms in total. The van der Waals surface area contributed by atoms with Gasteiger partial charge in [-0.25, -0.2) is 4.39 Å². The molecule has 1 aliphatic rings. The number of anilines is 1. The summed E-state index contributed by atoms with van der Waals surface area (Å²) in [5, 5.41) is 16.2. The number of nitrogens with one attached hydrogen (secondary N) is 2. The molecule has 96 valence electrons. The zero-order valence-electron chi connectivity index (χ0n) is 9.48. The van der Waals surface area contributed by atoms with Gasteiger partial charge in [-0.1, -0.05) is 0 Å². The molecule has 1 heterocycles. The summed E-state index contributed by atoms with van der Waals surface area (Å²) in [6, 6.07) is 3.07. The molecule has 7 heteroatoms. The minimum atomic E-state index is -0.719. The highest BCUT2D eigenvalue weighted by molar-refractivity contribution is 5.93. The summed E-state index contributed by atoms with van der Waals surface area (Å²) >= 11 is 0. The number of carbonyl (C=O) groups is 1. The molecular weight excluding hydrogens is 241 g/mol. The van der Waals surface area contributed by atoms with Gasteiger partial charge in [0.1, 0.15) is 11.5 Å². The largest absolute Gasteiger partial charge is 0.320 e. The number of hydrogen-bond donors (Lipinski definition) is 2. The third kappa shape index (κ3) is 2.80. The Balaban J connectivity index is 2.07. The normalized spacial score (nSPS) is 14.9. The van der Waals surface area contributed by atoms with Crippen LogP contribution < -0.4 is 10.6 Å². The fourth-order valence-electron chi connectivity index (χ4n) is 1.72. The van der Waals surface area contributed by atoms with E-state index in [0.29, 0.717) is 6.42 Å². The quantitative estimate of drug-likeness (QED) is 0.625. The van der Waals surface area contributed by atoms with Crippen molar-refractivity contribution in [2.24, 2.45) is 5.92 Å². The summed E-state index contributed by atoms with van der Waals surface area (Å²) in [5.41, 5.74) is -0.409. The number of rotatable bonds is 4. The molecule has 18 heavy (non-hydrogen) atoms. The van der Waals surface area contributed by atoms with Crippen molar-refractivity contribution in [1.82, 2.24) is 5.32 Å². The molecule has 0 unspecified atom stereocenters. The molecule has 0 saturated carbocycles. The van der Waals surface area contributed by atoms with Gasteiger partial charge >= 0.3 is 0 Å². The van der Waals surface area contributed by atoms with Gasteiger partial charge in [0.05, 0.1) is 11.0 Å². The van der Waals surface area contributed by atoms with Crippen LogP contribution in [0.3, 0.4) is 0 Å². The van der Waals surface area contributed by atoms with Gasteiger partial charge in [0.2, 0.25) is 5.91 Å². The second kappa shape index (κ2) is 5.09. The fourth-order valence-corrected chi connectivity index (χ4v) is 1.72. The summed E-state index contributed by atoms with van der Waals surface area (Å²) in [4.78, 5) is 21.6. The Bertz CT molecular complexity index is 488. The van der Waals surface area contributed by atoms with Gasteiger partial charge in [-0.15, -0.1) is 0 Å². The number of amides is 1. The second-order valence-corrected chi connectivity index (χ2v) is 4.20. The van der Waals surface area contributed by atoms with Gasteiger partial charge in [-0.3, -0.25) is 14.9 Å². The van der Waals surface area contributed by atoms with Crippen LogP contribution in [0.25, 0.3) is 0 Å². The molecular formula is C11H12FN3O3. The van der Waals surface area contributed by atoms with Crippen LogP contribution in [0, 0.1) is 21.8 Å². The second-order valence-electron chi connectivity index (χ2n) is 4.20. The van der Waals surface area contributed by atoms with E-state index < -0.39 is 16.4 Å². The standard InChI is InChI=1S/C11H12FN3O3/c12-8-1-2-9(10(4-8)15(17)18)14-11(16)3-7-5-13-6-7/h1-2,4,7,13H,3,5-6H2,(H,14,16). The fraction of sp³-hybridized carbons (Fsp3) is 0.364. The molecule has 0 bridgehead atoms. The van der Waals surface area contributed by atoms with Gasteiger partial charge in [0.15, 0.2) is 0 Å². The molecule has 1 saturated heterocycles. The van der Waals surface area contributed by atoms with Crippen molar-refractivity contribution in [3.05, 3.63) is 34.1 Å². The van der Waals surface area contributed by atoms with Crippen LogP contribution in [0.15, 0.2) is 18.2 Å². The molecule has 0 aromatic heterocycles. The first-order valence-electron chi connectivity index (χ1n) is 5.51. The molecule has 1 amide bonds. The maximum atomic E-state index is 12.9. The molecule has 2 rings (SSSR count). The molecule has 0 spiro atoms. The predicted molar refractivity (Wildman–Crippen MR) is 62.7 cm³/mol. The van der Waals surface area contributed by atoms with Gasteiger partial charge in [-0.2, -0.15) is 0 Å². The van der Waals surface area contributed by atoms with Crippen molar-refractivity contribution in [1.29, 1.82) is 0 Å². The van der Waals surface area contributed by atoms with Crippen LogP contribution >= 0.6 is 0 Å². The Morgan fingerprint density at radius 3 is 2.83 bits per heavy atom. The summed E-state index contributed by atoms with van der Waals surface area (Å²) in [6.45, 7) is 1.55. The molecule has 0 radical (unpaired) electrons. The van der Waals surface area contributed by atoms with Gasteiger partial charge in [-0.05, 0) is 31.1 Å². The summed E-state index contributed by atoms with van der Waals surface area (Å²) in [7, 11) is 0. The molecule has 1 aliphatic heterocycles. The van der Waals surface area contributed by atoms with E-state index in [-0.39, 0.29) is 17.5 Å². The lowest BCUT2D eigenvalue weighted by Crippen LogP contribution is -2.43. The van der Waals surface area contributed by atoms with Crippen LogP contribution in [0.5, 0.6) is 0 Å². The van der Waals surface area contributed by atoms with Crippen LogP contribution in [-0.2, 0) is 4.79 Å². The third-order valence-corrected chi connectivity index (χ3v) is 2.77. The Morgan fingerprint density at radius 1 is 1.56 bits per heavy atom. The minimum absolute atomic E-state index is 0.0266. The van der Waals surface area contributed by atoms with Crippen LogP contribution in [0.2, 0.25) is 0 Å². The zero-order valence-corrected chi connectivity index (χ0v) is 9.48. The van der Waals surface area contributed by atoms with E-state index in [1.54, 1.807) is 0 Å². The number of hydrogen-bond acceptors (Lipinski definition) is 4. The lowest BCUT2D eigenvalue weighted by atomic mass is 9.99. The Kier molecular flexibility index (Phi) is 3.52. The lowest BCUT2D eigenvalue weighted by Gasteiger charge is -2.26. The molecule has 0 atom stereocenters. The van der Waals surface area contributed by atoms with Gasteiger partial charge in [0.25, 0.3) is 5.69 Å². The SMILES string of the molecule is O=C(CC1CNC1)Nc1ccc(F)cc1[N+](=O)[O-]. The highest BCUT2D eigenvalue weighted by Crippen LogP contribution is 2.25. The third-order valence-electron chi connectivity index (χ3n) is 2.77. The molecule has 2 N–H and O–H groups in total. The van der Waals surface area contributed by atoms with Crippen molar-refractivity contribution >= 4 is 17.3 Å². The Labute approximate surface area is 102 Å². The average Bonchev–Trinajstić information content (AvgIpc) is 2.26. The molecule has 1 aromatic carbocycles. The smallest absolute Gasteiger partial charge is 0.295 e. The number of nitrogens with zero attached hydrogens (tertiary/aromatic N) is 1. The van der Waals surface area contributed by atoms with Crippen molar-refractivity contribution < 1.29 is 14.1 Å². The van der Waals surface area contributed by atoms with Crippen LogP contribution in [-0.4, -0.2) is 23.9 Å². The monoisotopic (exact) mass is 253 g/mol.